The molecule has 2 atom stereocenters. The van der Waals surface area contributed by atoms with Crippen molar-refractivity contribution in [2.45, 2.75) is 45.2 Å². The van der Waals surface area contributed by atoms with Crippen molar-refractivity contribution >= 4 is 141 Å². The molecule has 4 amide bonds. The second kappa shape index (κ2) is 45.7. The van der Waals surface area contributed by atoms with Gasteiger partial charge in [-0.3, -0.25) is 19.2 Å². The van der Waals surface area contributed by atoms with Crippen LogP contribution in [-0.2, 0) is 48.0 Å². The molecule has 4 heterocycles. The number of anilines is 2. The third kappa shape index (κ3) is 25.8. The number of likely N-dealkylation sites (N-methyl/N-ethyl adjacent to an activating group) is 2. The number of rotatable bonds is 16. The molecule has 4 aliphatic heterocycles. The molecular formula is C87H85BrCl2N10O6P2Pd. The van der Waals surface area contributed by atoms with E-state index in [1.54, 1.807) is 26.2 Å². The summed E-state index contributed by atoms with van der Waals surface area (Å²) in [6, 6.07) is 93.7. The molecule has 0 saturated carbocycles. The van der Waals surface area contributed by atoms with E-state index in [1.807, 2.05) is 99.0 Å². The Bertz CT molecular complexity index is 4490. The molecule has 0 spiro atoms. The number of nitrogens with one attached hydrogen (secondary N) is 4. The van der Waals surface area contributed by atoms with E-state index in [0.717, 1.165) is 32.6 Å². The molecule has 0 saturated heterocycles. The molecule has 14 rings (SSSR count). The van der Waals surface area contributed by atoms with Crippen LogP contribution in [0.4, 0.5) is 11.4 Å². The van der Waals surface area contributed by atoms with Gasteiger partial charge in [0.2, 0.25) is 0 Å². The van der Waals surface area contributed by atoms with E-state index in [0.29, 0.717) is 73.1 Å². The van der Waals surface area contributed by atoms with Gasteiger partial charge in [0, 0.05) is 49.8 Å². The summed E-state index contributed by atoms with van der Waals surface area (Å²) in [5.41, 5.74) is 6.48. The van der Waals surface area contributed by atoms with Crippen LogP contribution < -0.4 is 72.4 Å². The second-order valence-electron chi connectivity index (χ2n) is 24.2. The van der Waals surface area contributed by atoms with E-state index >= 15 is 0 Å². The smallest absolute Gasteiger partial charge is 0.0134 e. The van der Waals surface area contributed by atoms with Crippen LogP contribution in [0.5, 0.6) is 11.5 Å². The Morgan fingerprint density at radius 3 is 1.14 bits per heavy atom. The van der Waals surface area contributed by atoms with Gasteiger partial charge in [-0.15, -0.1) is 16.6 Å². The summed E-state index contributed by atoms with van der Waals surface area (Å²) >= 11 is 3.30. The summed E-state index contributed by atoms with van der Waals surface area (Å²) in [6.45, 7) is 1.31. The molecule has 0 bridgehead atoms. The maximum atomic E-state index is 13.1. The van der Waals surface area contributed by atoms with Gasteiger partial charge in [-0.05, 0) is 109 Å². The zero-order valence-electron chi connectivity index (χ0n) is 59.9. The Morgan fingerprint density at radius 2 is 0.817 bits per heavy atom. The largest absolute Gasteiger partial charge is 0.0622 e. The fraction of sp³-hybridized carbons (Fsp3) is 0.172. The molecule has 4 aliphatic rings. The number of carbonyl (C=O) groups excluding carboxylic acids is 4. The molecule has 109 heavy (non-hydrogen) atoms. The van der Waals surface area contributed by atoms with Crippen LogP contribution in [0.25, 0.3) is 0 Å². The Balaban J connectivity index is 0.000000180. The normalized spacial score (nSPS) is 14.2. The topological polar surface area (TPSA) is 191 Å². The van der Waals surface area contributed by atoms with Crippen molar-refractivity contribution in [2.75, 3.05) is 64.3 Å². The molecule has 0 aliphatic carbocycles. The number of hydrogen-bond donors (Lipinski definition) is 4. The third-order valence-corrected chi connectivity index (χ3v) is 21.9. The number of ether oxygens (including phenoxy) is 2. The van der Waals surface area contributed by atoms with E-state index in [1.165, 1.54) is 41.6 Å². The van der Waals surface area contributed by atoms with Crippen molar-refractivity contribution in [3.63, 3.8) is 0 Å². The Kier molecular flexibility index (Phi) is 35.5. The number of hydrogen-bond acceptors (Lipinski definition) is 12. The molecule has 16 nitrogen and oxygen atoms in total. The van der Waals surface area contributed by atoms with Gasteiger partial charge in [-0.1, -0.05) is 284 Å². The van der Waals surface area contributed by atoms with Gasteiger partial charge >= 0.3 is 35.0 Å². The monoisotopic (exact) mass is 1680 g/mol. The van der Waals surface area contributed by atoms with Crippen molar-refractivity contribution in [1.29, 1.82) is 0 Å². The summed E-state index contributed by atoms with van der Waals surface area (Å²) in [5.74, 6) is 8.27. The van der Waals surface area contributed by atoms with Gasteiger partial charge in [-0.25, -0.2) is 0 Å². The van der Waals surface area contributed by atoms with E-state index in [4.69, 9.17) is 35.0 Å². The van der Waals surface area contributed by atoms with Crippen molar-refractivity contribution < 1.29 is 44.6 Å². The molecule has 560 valence electrons. The first-order valence-corrected chi connectivity index (χ1v) is 41.9. The molecule has 10 aromatic carbocycles. The predicted molar refractivity (Wildman–Crippen MR) is 454 cm³/mol. The maximum absolute atomic E-state index is 13.1. The number of halogens is 3. The zero-order valence-corrected chi connectivity index (χ0v) is 66.4. The number of amides is 4. The maximum Gasteiger partial charge on any atom is -0.0134 e. The van der Waals surface area contributed by atoms with Crippen LogP contribution in [-0.4, -0.2) is 113 Å². The van der Waals surface area contributed by atoms with Crippen LogP contribution in [0.15, 0.2) is 304 Å². The van der Waals surface area contributed by atoms with E-state index in [2.05, 4.69) is 257 Å². The van der Waals surface area contributed by atoms with Gasteiger partial charge in [0.15, 0.2) is 0 Å². The van der Waals surface area contributed by atoms with Gasteiger partial charge < -0.3 is 40.5 Å². The number of nitrogens with zero attached hydrogens (tertiary/aromatic N) is 6. The quantitative estimate of drug-likeness (QED) is 0.0417. The van der Waals surface area contributed by atoms with Gasteiger partial charge in [-0.2, -0.15) is 10.2 Å². The van der Waals surface area contributed by atoms with Gasteiger partial charge in [0.05, 0.1) is 35.9 Å². The Hall–Kier alpha value is -10.0. The van der Waals surface area contributed by atoms with Crippen molar-refractivity contribution in [1.82, 2.24) is 21.3 Å². The first kappa shape index (κ1) is 84.6. The minimum Gasteiger partial charge on any atom is -0.0622 e. The Labute approximate surface area is 667 Å². The van der Waals surface area contributed by atoms with E-state index in [-0.39, 0.29) is 48.4 Å². The first-order chi connectivity index (χ1) is 52.8. The average molecular weight is 1690 g/mol. The second-order valence-corrected chi connectivity index (χ2v) is 31.9. The standard InChI is InChI=1S/C25H25N5O3.C21H19BrN4O3.2C18H15P.C4H7N.CH4.2ClH.Pd/c1-26-12-6-9-18-10-11-23-22(14-18)30(2)25(32)21(16-33-23)27-24(31)20-15-19(28-29-20)13-17-7-4-3-5-8-17;1-26-18-10-14(22)7-8-19(18)29-12-17(21(26)28)23-20(27)16-11-15(24-25-16)9-13-5-3-2-4-6-13;2*1-4-10-16(11-5-1)19(17-12-6-2-7-13-17)18-14-8-3-9-15-18;1-3-4-5-2;;;;/h3-5,7-8,10-11,14,21,26H,12-13,15-16H2,1-2H3,(H,27,31);2-8,10,17H,9,11-12H2,1H3,(H,23,27);2*1-15H;1,5H,4H2,2H3;1H4;2*1H;/q;;;;;;;;+2/p-2/t21-;17-;;;;;;;/m00......./s1. The van der Waals surface area contributed by atoms with Crippen LogP contribution >= 0.6 is 50.8 Å². The number of benzene rings is 10. The SMILES string of the molecule is C.C#CCNC.CN1C(=O)[C@@H](NC(=O)C2=NN=C(Cc3ccccc3)C2)COc2ccc(Br)cc21.CNCC#Cc1ccc2c(c1)N(C)C(=O)[C@@H](NC(=O)C1=NN=C(Cc3ccccc3)C1)CO2.[Cl][Pd][Cl].c1ccc(P(c2ccccc2)c2ccccc2)cc1.c1ccc(P(c2ccccc2)c2ccccc2)cc1. The minimum absolute atomic E-state index is 0. The minimum atomic E-state index is -0.838. The Morgan fingerprint density at radius 1 is 0.495 bits per heavy atom. The number of terminal acetylenes is 1. The average Bonchev–Trinajstić information content (AvgIpc) is 1.52. The van der Waals surface area contributed by atoms with E-state index in [9.17, 15) is 19.2 Å². The third-order valence-electron chi connectivity index (χ3n) is 16.5. The predicted octanol–water partition coefficient (Wildman–Crippen LogP) is 13.0. The van der Waals surface area contributed by atoms with Crippen LogP contribution in [0.1, 0.15) is 37.0 Å². The van der Waals surface area contributed by atoms with Crippen LogP contribution in [0.3, 0.4) is 0 Å². The first-order valence-electron chi connectivity index (χ1n) is 34.4. The summed E-state index contributed by atoms with van der Waals surface area (Å²) in [4.78, 5) is 54.3. The van der Waals surface area contributed by atoms with E-state index < -0.39 is 39.7 Å². The molecule has 0 aromatic heterocycles. The summed E-state index contributed by atoms with van der Waals surface area (Å²) in [7, 11) is 15.7. The van der Waals surface area contributed by atoms with Crippen molar-refractivity contribution in [3.8, 4) is 35.7 Å². The summed E-state index contributed by atoms with van der Waals surface area (Å²) in [5, 5.41) is 36.0. The molecule has 0 radical (unpaired) electrons. The van der Waals surface area contributed by atoms with Gasteiger partial charge in [0.25, 0.3) is 23.6 Å². The molecule has 0 unspecified atom stereocenters. The summed E-state index contributed by atoms with van der Waals surface area (Å²) in [6.07, 6.45) is 6.82. The van der Waals surface area contributed by atoms with Crippen molar-refractivity contribution in [3.05, 3.63) is 300 Å². The number of carbonyl (C=O) groups is 4. The molecule has 4 N–H and O–H groups in total. The summed E-state index contributed by atoms with van der Waals surface area (Å²) < 4.78 is 12.4. The fourth-order valence-electron chi connectivity index (χ4n) is 11.3. The fourth-order valence-corrected chi connectivity index (χ4v) is 16.3. The number of fused-ring (bicyclic) bond motifs is 2. The van der Waals surface area contributed by atoms with Crippen LogP contribution in [0, 0.1) is 24.2 Å². The molecule has 10 aromatic rings. The molecule has 0 fully saturated rings. The molecule has 22 heteroatoms. The molecular weight excluding hydrogens is 1600 g/mol. The van der Waals surface area contributed by atoms with Crippen LogP contribution in [0.2, 0.25) is 0 Å². The van der Waals surface area contributed by atoms with Gasteiger partial charge in [0.1, 0.15) is 48.2 Å². The van der Waals surface area contributed by atoms with Crippen molar-refractivity contribution in [2.24, 2.45) is 20.4 Å². The zero-order chi connectivity index (χ0) is 76.2.